The van der Waals surface area contributed by atoms with E-state index in [-0.39, 0.29) is 0 Å². The minimum atomic E-state index is 0.447. The zero-order valence-corrected chi connectivity index (χ0v) is 9.24. The first-order valence-electron chi connectivity index (χ1n) is 5.72. The summed E-state index contributed by atoms with van der Waals surface area (Å²) in [4.78, 5) is 4.21. The van der Waals surface area contributed by atoms with Gasteiger partial charge < -0.3 is 10.6 Å². The van der Waals surface area contributed by atoms with Gasteiger partial charge in [-0.1, -0.05) is 6.42 Å². The van der Waals surface area contributed by atoms with Crippen LogP contribution in [0.15, 0.2) is 18.3 Å². The minimum absolute atomic E-state index is 0.447. The molecule has 1 unspecified atom stereocenters. The van der Waals surface area contributed by atoms with Crippen molar-refractivity contribution in [3.8, 4) is 6.07 Å². The minimum Gasteiger partial charge on any atom is -0.366 e. The van der Waals surface area contributed by atoms with Gasteiger partial charge in [-0.2, -0.15) is 5.26 Å². The molecule has 1 atom stereocenters. The second-order valence-electron chi connectivity index (χ2n) is 4.09. The number of nitriles is 1. The lowest BCUT2D eigenvalue weighted by atomic mass is 10.1. The number of hydrogen-bond donors (Lipinski definition) is 2. The third-order valence-electron chi connectivity index (χ3n) is 2.79. The van der Waals surface area contributed by atoms with E-state index in [1.165, 1.54) is 19.3 Å². The fourth-order valence-electron chi connectivity index (χ4n) is 1.90. The summed E-state index contributed by atoms with van der Waals surface area (Å²) in [5.74, 6) is 0.854. The first kappa shape index (κ1) is 10.9. The van der Waals surface area contributed by atoms with Gasteiger partial charge in [0.1, 0.15) is 11.9 Å². The molecule has 2 rings (SSSR count). The molecule has 1 aromatic rings. The molecule has 2 heterocycles. The lowest BCUT2D eigenvalue weighted by Crippen LogP contribution is -2.31. The molecule has 1 fully saturated rings. The van der Waals surface area contributed by atoms with Crippen LogP contribution in [0.4, 0.5) is 5.82 Å². The predicted octanol–water partition coefficient (Wildman–Crippen LogP) is 1.51. The third-order valence-corrected chi connectivity index (χ3v) is 2.79. The van der Waals surface area contributed by atoms with E-state index in [1.807, 2.05) is 6.07 Å². The summed E-state index contributed by atoms with van der Waals surface area (Å²) in [5.41, 5.74) is 0.601. The maximum atomic E-state index is 8.67. The largest absolute Gasteiger partial charge is 0.366 e. The van der Waals surface area contributed by atoms with Gasteiger partial charge in [0.15, 0.2) is 0 Å². The van der Waals surface area contributed by atoms with Crippen LogP contribution in [0.25, 0.3) is 0 Å². The third kappa shape index (κ3) is 2.94. The van der Waals surface area contributed by atoms with Crippen molar-refractivity contribution in [1.29, 1.82) is 5.26 Å². The van der Waals surface area contributed by atoms with E-state index < -0.39 is 0 Å². The Labute approximate surface area is 95.7 Å². The van der Waals surface area contributed by atoms with Crippen LogP contribution in [-0.4, -0.2) is 24.1 Å². The second-order valence-corrected chi connectivity index (χ2v) is 4.09. The van der Waals surface area contributed by atoms with E-state index in [9.17, 15) is 0 Å². The molecular weight excluding hydrogens is 200 g/mol. The summed E-state index contributed by atoms with van der Waals surface area (Å²) in [6.07, 6.45) is 5.28. The Balaban J connectivity index is 1.94. The number of pyridine rings is 1. The number of anilines is 1. The van der Waals surface area contributed by atoms with E-state index in [4.69, 9.17) is 5.26 Å². The van der Waals surface area contributed by atoms with Crippen molar-refractivity contribution >= 4 is 5.82 Å². The lowest BCUT2D eigenvalue weighted by molar-refractivity contribution is 0.634. The Morgan fingerprint density at radius 3 is 3.12 bits per heavy atom. The number of nitrogens with one attached hydrogen (secondary N) is 2. The van der Waals surface area contributed by atoms with Crippen LogP contribution in [0, 0.1) is 11.3 Å². The molecule has 4 nitrogen and oxygen atoms in total. The molecule has 1 aliphatic rings. The molecule has 1 aromatic heterocycles. The first-order valence-corrected chi connectivity index (χ1v) is 5.72. The molecule has 0 spiro atoms. The Morgan fingerprint density at radius 2 is 2.38 bits per heavy atom. The SMILES string of the molecule is N#Cc1ccc(NC2CCCCNC2)nc1. The summed E-state index contributed by atoms with van der Waals surface area (Å²) in [5, 5.41) is 15.5. The molecule has 4 heteroatoms. The van der Waals surface area contributed by atoms with Gasteiger partial charge in [0.25, 0.3) is 0 Å². The highest BCUT2D eigenvalue weighted by Crippen LogP contribution is 2.11. The van der Waals surface area contributed by atoms with Crippen molar-refractivity contribution in [3.63, 3.8) is 0 Å². The van der Waals surface area contributed by atoms with Crippen molar-refractivity contribution in [3.05, 3.63) is 23.9 Å². The van der Waals surface area contributed by atoms with Gasteiger partial charge in [0, 0.05) is 18.8 Å². The zero-order chi connectivity index (χ0) is 11.2. The summed E-state index contributed by atoms with van der Waals surface area (Å²) < 4.78 is 0. The Bertz CT molecular complexity index is 358. The highest BCUT2D eigenvalue weighted by Gasteiger charge is 2.11. The van der Waals surface area contributed by atoms with Gasteiger partial charge in [-0.15, -0.1) is 0 Å². The van der Waals surface area contributed by atoms with Gasteiger partial charge in [-0.05, 0) is 31.5 Å². The van der Waals surface area contributed by atoms with E-state index >= 15 is 0 Å². The zero-order valence-electron chi connectivity index (χ0n) is 9.24. The molecule has 0 saturated carbocycles. The molecule has 0 radical (unpaired) electrons. The Hall–Kier alpha value is -1.60. The molecule has 2 N–H and O–H groups in total. The fourth-order valence-corrected chi connectivity index (χ4v) is 1.90. The average Bonchev–Trinajstić information content (AvgIpc) is 2.59. The topological polar surface area (TPSA) is 60.7 Å². The second kappa shape index (κ2) is 5.47. The van der Waals surface area contributed by atoms with Gasteiger partial charge >= 0.3 is 0 Å². The number of aromatic nitrogens is 1. The van der Waals surface area contributed by atoms with Crippen LogP contribution in [0.2, 0.25) is 0 Å². The number of nitrogens with zero attached hydrogens (tertiary/aromatic N) is 2. The van der Waals surface area contributed by atoms with Crippen LogP contribution in [0.5, 0.6) is 0 Å². The molecule has 1 aliphatic heterocycles. The normalized spacial score (nSPS) is 20.8. The average molecular weight is 216 g/mol. The molecule has 0 aromatic carbocycles. The van der Waals surface area contributed by atoms with Gasteiger partial charge in [0.2, 0.25) is 0 Å². The van der Waals surface area contributed by atoms with Gasteiger partial charge in [-0.25, -0.2) is 4.98 Å². The highest BCUT2D eigenvalue weighted by atomic mass is 15.0. The van der Waals surface area contributed by atoms with Crippen LogP contribution in [-0.2, 0) is 0 Å². The molecule has 1 saturated heterocycles. The Kier molecular flexibility index (Phi) is 3.73. The van der Waals surface area contributed by atoms with Crippen LogP contribution in [0.3, 0.4) is 0 Å². The summed E-state index contributed by atoms with van der Waals surface area (Å²) in [7, 11) is 0. The maximum Gasteiger partial charge on any atom is 0.126 e. The number of rotatable bonds is 2. The standard InChI is InChI=1S/C12H16N4/c13-7-10-4-5-12(15-8-10)16-11-3-1-2-6-14-9-11/h4-5,8,11,14H,1-3,6,9H2,(H,15,16). The van der Waals surface area contributed by atoms with Crippen LogP contribution >= 0.6 is 0 Å². The van der Waals surface area contributed by atoms with Crippen LogP contribution in [0.1, 0.15) is 24.8 Å². The fraction of sp³-hybridized carbons (Fsp3) is 0.500. The van der Waals surface area contributed by atoms with Gasteiger partial charge in [-0.3, -0.25) is 0 Å². The van der Waals surface area contributed by atoms with E-state index in [2.05, 4.69) is 21.7 Å². The van der Waals surface area contributed by atoms with Crippen molar-refractivity contribution < 1.29 is 0 Å². The molecule has 0 aliphatic carbocycles. The maximum absolute atomic E-state index is 8.67. The van der Waals surface area contributed by atoms with Crippen molar-refractivity contribution in [1.82, 2.24) is 10.3 Å². The van der Waals surface area contributed by atoms with E-state index in [0.717, 1.165) is 18.9 Å². The smallest absolute Gasteiger partial charge is 0.126 e. The molecule has 16 heavy (non-hydrogen) atoms. The molecule has 0 bridgehead atoms. The van der Waals surface area contributed by atoms with E-state index in [1.54, 1.807) is 12.3 Å². The molecule has 0 amide bonds. The monoisotopic (exact) mass is 216 g/mol. The lowest BCUT2D eigenvalue weighted by Gasteiger charge is -2.16. The quantitative estimate of drug-likeness (QED) is 0.786. The highest BCUT2D eigenvalue weighted by molar-refractivity contribution is 5.39. The summed E-state index contributed by atoms with van der Waals surface area (Å²) in [6.45, 7) is 2.10. The van der Waals surface area contributed by atoms with Crippen molar-refractivity contribution in [2.24, 2.45) is 0 Å². The summed E-state index contributed by atoms with van der Waals surface area (Å²) >= 11 is 0. The van der Waals surface area contributed by atoms with Crippen LogP contribution < -0.4 is 10.6 Å². The first-order chi connectivity index (χ1) is 7.88. The number of hydrogen-bond acceptors (Lipinski definition) is 4. The molecule has 84 valence electrons. The Morgan fingerprint density at radius 1 is 1.44 bits per heavy atom. The summed E-state index contributed by atoms with van der Waals surface area (Å²) in [6, 6.07) is 6.17. The van der Waals surface area contributed by atoms with Crippen molar-refractivity contribution in [2.75, 3.05) is 18.4 Å². The van der Waals surface area contributed by atoms with Crippen molar-refractivity contribution in [2.45, 2.75) is 25.3 Å². The predicted molar refractivity (Wildman–Crippen MR) is 63.1 cm³/mol. The molecular formula is C12H16N4. The van der Waals surface area contributed by atoms with Gasteiger partial charge in [0.05, 0.1) is 5.56 Å². The van der Waals surface area contributed by atoms with E-state index in [0.29, 0.717) is 11.6 Å².